The number of amides is 1. The molecule has 0 aromatic heterocycles. The van der Waals surface area contributed by atoms with Crippen molar-refractivity contribution in [3.05, 3.63) is 42.5 Å². The van der Waals surface area contributed by atoms with Crippen LogP contribution in [0.5, 0.6) is 0 Å². The van der Waals surface area contributed by atoms with E-state index in [-0.39, 0.29) is 11.4 Å². The van der Waals surface area contributed by atoms with Gasteiger partial charge >= 0.3 is 6.18 Å². The zero-order valence-corrected chi connectivity index (χ0v) is 12.0. The number of hydrogen-bond donors (Lipinski definition) is 1. The summed E-state index contributed by atoms with van der Waals surface area (Å²) in [7, 11) is -3.67. The maximum atomic E-state index is 12.4. The number of alkyl halides is 3. The van der Waals surface area contributed by atoms with Crippen LogP contribution >= 0.6 is 0 Å². The molecule has 1 aromatic rings. The predicted octanol–water partition coefficient (Wildman–Crippen LogP) is 2.63. The average molecular weight is 321 g/mol. The minimum atomic E-state index is -4.47. The summed E-state index contributed by atoms with van der Waals surface area (Å²) in [6, 6.07) is 3.73. The van der Waals surface area contributed by atoms with Gasteiger partial charge in [0.15, 0.2) is 9.84 Å². The number of carbonyl (C=O) groups excluding carboxylic acids is 1. The zero-order valence-electron chi connectivity index (χ0n) is 11.1. The third-order valence-corrected chi connectivity index (χ3v) is 4.73. The molecule has 0 saturated heterocycles. The van der Waals surface area contributed by atoms with Gasteiger partial charge in [0, 0.05) is 5.69 Å². The predicted molar refractivity (Wildman–Crippen MR) is 73.5 cm³/mol. The van der Waals surface area contributed by atoms with E-state index in [9.17, 15) is 26.4 Å². The molecule has 1 aromatic carbocycles. The van der Waals surface area contributed by atoms with Crippen LogP contribution in [0.2, 0.25) is 0 Å². The van der Waals surface area contributed by atoms with Crippen LogP contribution in [0.1, 0.15) is 12.5 Å². The summed E-state index contributed by atoms with van der Waals surface area (Å²) < 4.78 is 60.5. The van der Waals surface area contributed by atoms with Crippen LogP contribution in [0.3, 0.4) is 0 Å². The number of sulfone groups is 1. The lowest BCUT2D eigenvalue weighted by molar-refractivity contribution is -0.137. The van der Waals surface area contributed by atoms with Crippen molar-refractivity contribution >= 4 is 21.4 Å². The first-order valence-corrected chi connectivity index (χ1v) is 7.60. The van der Waals surface area contributed by atoms with Gasteiger partial charge in [-0.15, -0.1) is 6.58 Å². The summed E-state index contributed by atoms with van der Waals surface area (Å²) in [6.45, 7) is 4.49. The van der Waals surface area contributed by atoms with E-state index >= 15 is 0 Å². The highest BCUT2D eigenvalue weighted by molar-refractivity contribution is 7.92. The molecule has 0 heterocycles. The number of benzene rings is 1. The first kappa shape index (κ1) is 17.2. The molecule has 0 fully saturated rings. The van der Waals surface area contributed by atoms with Crippen molar-refractivity contribution in [2.24, 2.45) is 0 Å². The van der Waals surface area contributed by atoms with Gasteiger partial charge in [-0.2, -0.15) is 13.2 Å². The van der Waals surface area contributed by atoms with Crippen molar-refractivity contribution in [3.63, 3.8) is 0 Å². The Morgan fingerprint density at radius 1 is 1.33 bits per heavy atom. The molecule has 0 spiro atoms. The lowest BCUT2D eigenvalue weighted by Gasteiger charge is -2.13. The van der Waals surface area contributed by atoms with Gasteiger partial charge in [-0.05, 0) is 31.2 Å². The van der Waals surface area contributed by atoms with E-state index in [0.29, 0.717) is 0 Å². The van der Waals surface area contributed by atoms with Crippen molar-refractivity contribution in [1.29, 1.82) is 0 Å². The molecule has 116 valence electrons. The fourth-order valence-corrected chi connectivity index (χ4v) is 2.46. The van der Waals surface area contributed by atoms with E-state index in [1.807, 2.05) is 0 Å². The highest BCUT2D eigenvalue weighted by atomic mass is 32.2. The van der Waals surface area contributed by atoms with E-state index in [4.69, 9.17) is 0 Å². The number of anilines is 1. The summed E-state index contributed by atoms with van der Waals surface area (Å²) in [5, 5.41) is 0.944. The molecule has 1 atom stereocenters. The lowest BCUT2D eigenvalue weighted by atomic mass is 10.2. The second-order valence-electron chi connectivity index (χ2n) is 4.32. The zero-order chi connectivity index (χ0) is 16.3. The molecule has 8 heteroatoms. The van der Waals surface area contributed by atoms with Crippen molar-refractivity contribution in [2.75, 3.05) is 11.1 Å². The number of rotatable bonds is 5. The smallest absolute Gasteiger partial charge is 0.325 e. The molecular weight excluding hydrogens is 307 g/mol. The fourth-order valence-electron chi connectivity index (χ4n) is 1.46. The Balaban J connectivity index is 2.82. The summed E-state index contributed by atoms with van der Waals surface area (Å²) in [4.78, 5) is 11.8. The Morgan fingerprint density at radius 2 is 1.86 bits per heavy atom. The van der Waals surface area contributed by atoms with Crippen molar-refractivity contribution in [2.45, 2.75) is 18.3 Å². The molecule has 0 aliphatic rings. The first-order valence-electron chi connectivity index (χ1n) is 5.88. The van der Waals surface area contributed by atoms with E-state index in [1.165, 1.54) is 6.92 Å². The minimum Gasteiger partial charge on any atom is -0.325 e. The summed E-state index contributed by atoms with van der Waals surface area (Å²) in [6.07, 6.45) is -3.31. The second kappa shape index (κ2) is 6.30. The molecule has 0 saturated carbocycles. The number of carbonyl (C=O) groups is 1. The van der Waals surface area contributed by atoms with Crippen LogP contribution < -0.4 is 5.32 Å². The van der Waals surface area contributed by atoms with E-state index in [2.05, 4.69) is 11.9 Å². The quantitative estimate of drug-likeness (QED) is 0.848. The van der Waals surface area contributed by atoms with Gasteiger partial charge in [0.1, 0.15) is 5.25 Å². The minimum absolute atomic E-state index is 0.0913. The highest BCUT2D eigenvalue weighted by Gasteiger charge is 2.30. The van der Waals surface area contributed by atoms with Gasteiger partial charge in [-0.3, -0.25) is 4.79 Å². The SMILES string of the molecule is C=CCS(=O)(=O)C(C)C(=O)Nc1ccc(C(F)(F)F)cc1. The molecule has 0 aliphatic heterocycles. The standard InChI is InChI=1S/C13H14F3NO3S/c1-3-8-21(19,20)9(2)12(18)17-11-6-4-10(5-7-11)13(14,15)16/h3-7,9H,1,8H2,2H3,(H,17,18). The molecule has 0 bridgehead atoms. The Labute approximate surface area is 120 Å². The second-order valence-corrected chi connectivity index (χ2v) is 6.69. The van der Waals surface area contributed by atoms with Gasteiger partial charge in [-0.1, -0.05) is 6.08 Å². The average Bonchev–Trinajstić information content (AvgIpc) is 2.37. The Kier molecular flexibility index (Phi) is 5.16. The van der Waals surface area contributed by atoms with Gasteiger partial charge in [0.2, 0.25) is 5.91 Å². The van der Waals surface area contributed by atoms with Crippen LogP contribution in [0.15, 0.2) is 36.9 Å². The Morgan fingerprint density at radius 3 is 2.29 bits per heavy atom. The van der Waals surface area contributed by atoms with E-state index in [0.717, 1.165) is 30.3 Å². The normalized spacial score (nSPS) is 13.5. The Bertz CT molecular complexity index is 621. The number of nitrogens with one attached hydrogen (secondary N) is 1. The highest BCUT2D eigenvalue weighted by Crippen LogP contribution is 2.29. The monoisotopic (exact) mass is 321 g/mol. The largest absolute Gasteiger partial charge is 0.416 e. The van der Waals surface area contributed by atoms with Crippen LogP contribution in [-0.4, -0.2) is 25.3 Å². The Hall–Kier alpha value is -1.83. The van der Waals surface area contributed by atoms with Crippen LogP contribution in [0.25, 0.3) is 0 Å². The fraction of sp³-hybridized carbons (Fsp3) is 0.308. The van der Waals surface area contributed by atoms with E-state index < -0.39 is 32.7 Å². The van der Waals surface area contributed by atoms with Gasteiger partial charge in [0.05, 0.1) is 11.3 Å². The molecule has 0 radical (unpaired) electrons. The molecule has 1 amide bonds. The van der Waals surface area contributed by atoms with Gasteiger partial charge < -0.3 is 5.32 Å². The number of halogens is 3. The van der Waals surface area contributed by atoms with Gasteiger partial charge in [0.25, 0.3) is 0 Å². The summed E-state index contributed by atoms with van der Waals surface area (Å²) in [5.41, 5.74) is -0.763. The topological polar surface area (TPSA) is 63.2 Å². The van der Waals surface area contributed by atoms with Crippen molar-refractivity contribution in [1.82, 2.24) is 0 Å². The third-order valence-electron chi connectivity index (χ3n) is 2.74. The van der Waals surface area contributed by atoms with Crippen LogP contribution in [-0.2, 0) is 20.8 Å². The van der Waals surface area contributed by atoms with Crippen molar-refractivity contribution in [3.8, 4) is 0 Å². The maximum absolute atomic E-state index is 12.4. The summed E-state index contributed by atoms with van der Waals surface area (Å²) in [5.74, 6) is -1.16. The van der Waals surface area contributed by atoms with Gasteiger partial charge in [-0.25, -0.2) is 8.42 Å². The molecule has 4 nitrogen and oxygen atoms in total. The molecule has 1 unspecified atom stereocenters. The first-order chi connectivity index (χ1) is 9.58. The molecule has 1 N–H and O–H groups in total. The molecule has 0 aliphatic carbocycles. The van der Waals surface area contributed by atoms with Crippen molar-refractivity contribution < 1.29 is 26.4 Å². The molecule has 21 heavy (non-hydrogen) atoms. The molecular formula is C13H14F3NO3S. The lowest BCUT2D eigenvalue weighted by Crippen LogP contribution is -2.33. The maximum Gasteiger partial charge on any atom is 0.416 e. The third kappa shape index (κ3) is 4.59. The van der Waals surface area contributed by atoms with Crippen LogP contribution in [0, 0.1) is 0 Å². The molecule has 1 rings (SSSR count). The summed E-state index contributed by atoms with van der Waals surface area (Å²) >= 11 is 0. The van der Waals surface area contributed by atoms with E-state index in [1.54, 1.807) is 0 Å². The van der Waals surface area contributed by atoms with Crippen LogP contribution in [0.4, 0.5) is 18.9 Å². The number of hydrogen-bond acceptors (Lipinski definition) is 3.